The maximum absolute atomic E-state index is 5.60. The summed E-state index contributed by atoms with van der Waals surface area (Å²) >= 11 is 0. The number of fused-ring (bicyclic) bond motifs is 1. The monoisotopic (exact) mass is 421 g/mol. The van der Waals surface area contributed by atoms with E-state index in [1.54, 1.807) is 0 Å². The molecule has 0 spiro atoms. The SMILES string of the molecule is CN(C)c1cc(NC2=CC3OCOC3C=C2)nc(N2CCN(c3ccccn3)CC2)n1. The van der Waals surface area contributed by atoms with Crippen molar-refractivity contribution in [3.63, 3.8) is 0 Å². The van der Waals surface area contributed by atoms with Gasteiger partial charge in [0.25, 0.3) is 0 Å². The molecule has 0 aromatic carbocycles. The summed E-state index contributed by atoms with van der Waals surface area (Å²) in [6.07, 6.45) is 7.86. The third-order valence-corrected chi connectivity index (χ3v) is 5.62. The summed E-state index contributed by atoms with van der Waals surface area (Å²) in [5.41, 5.74) is 0.945. The molecule has 31 heavy (non-hydrogen) atoms. The van der Waals surface area contributed by atoms with Gasteiger partial charge in [0.1, 0.15) is 36.5 Å². The van der Waals surface area contributed by atoms with E-state index in [2.05, 4.69) is 26.2 Å². The lowest BCUT2D eigenvalue weighted by molar-refractivity contribution is 0.0503. The summed E-state index contributed by atoms with van der Waals surface area (Å²) in [5.74, 6) is 3.36. The first kappa shape index (κ1) is 19.8. The molecule has 2 aromatic rings. The molecule has 2 atom stereocenters. The van der Waals surface area contributed by atoms with E-state index in [1.165, 1.54) is 0 Å². The zero-order valence-electron chi connectivity index (χ0n) is 17.8. The van der Waals surface area contributed by atoms with Crippen LogP contribution < -0.4 is 20.0 Å². The van der Waals surface area contributed by atoms with Gasteiger partial charge in [-0.3, -0.25) is 0 Å². The summed E-state index contributed by atoms with van der Waals surface area (Å²) < 4.78 is 11.1. The van der Waals surface area contributed by atoms with Crippen LogP contribution in [0.4, 0.5) is 23.4 Å². The van der Waals surface area contributed by atoms with E-state index in [4.69, 9.17) is 19.4 Å². The van der Waals surface area contributed by atoms with Gasteiger partial charge in [0.2, 0.25) is 5.95 Å². The second-order valence-corrected chi connectivity index (χ2v) is 7.95. The van der Waals surface area contributed by atoms with Crippen LogP contribution in [0.25, 0.3) is 0 Å². The first-order chi connectivity index (χ1) is 15.2. The van der Waals surface area contributed by atoms with E-state index in [9.17, 15) is 0 Å². The molecule has 2 fully saturated rings. The predicted octanol–water partition coefficient (Wildman–Crippen LogP) is 1.87. The third-order valence-electron chi connectivity index (χ3n) is 5.62. The summed E-state index contributed by atoms with van der Waals surface area (Å²) in [5, 5.41) is 3.42. The minimum Gasteiger partial charge on any atom is -0.363 e. The zero-order chi connectivity index (χ0) is 21.2. The maximum Gasteiger partial charge on any atom is 0.229 e. The first-order valence-electron chi connectivity index (χ1n) is 10.5. The zero-order valence-corrected chi connectivity index (χ0v) is 17.8. The van der Waals surface area contributed by atoms with Crippen molar-refractivity contribution in [2.45, 2.75) is 12.2 Å². The van der Waals surface area contributed by atoms with Gasteiger partial charge in [0.05, 0.1) is 0 Å². The number of piperazine rings is 1. The molecule has 9 heteroatoms. The lowest BCUT2D eigenvalue weighted by Crippen LogP contribution is -2.47. The smallest absolute Gasteiger partial charge is 0.229 e. The minimum atomic E-state index is -0.0539. The van der Waals surface area contributed by atoms with Crippen molar-refractivity contribution in [1.82, 2.24) is 15.0 Å². The highest BCUT2D eigenvalue weighted by Crippen LogP contribution is 2.25. The molecule has 5 rings (SSSR count). The lowest BCUT2D eigenvalue weighted by Gasteiger charge is -2.35. The summed E-state index contributed by atoms with van der Waals surface area (Å²) in [4.78, 5) is 20.6. The molecule has 0 amide bonds. The van der Waals surface area contributed by atoms with Crippen LogP contribution in [-0.2, 0) is 9.47 Å². The van der Waals surface area contributed by atoms with Crippen LogP contribution in [0.5, 0.6) is 0 Å². The Kier molecular flexibility index (Phi) is 5.44. The van der Waals surface area contributed by atoms with Crippen LogP contribution >= 0.6 is 0 Å². The molecule has 4 heterocycles. The van der Waals surface area contributed by atoms with Gasteiger partial charge in [-0.15, -0.1) is 0 Å². The van der Waals surface area contributed by atoms with Crippen LogP contribution in [0.3, 0.4) is 0 Å². The van der Waals surface area contributed by atoms with Gasteiger partial charge in [0, 0.05) is 58.2 Å². The van der Waals surface area contributed by atoms with Gasteiger partial charge >= 0.3 is 0 Å². The van der Waals surface area contributed by atoms with Crippen LogP contribution in [-0.4, -0.2) is 74.2 Å². The number of nitrogens with one attached hydrogen (secondary N) is 1. The van der Waals surface area contributed by atoms with Crippen LogP contribution in [0, 0.1) is 0 Å². The van der Waals surface area contributed by atoms with E-state index < -0.39 is 0 Å². The number of pyridine rings is 1. The fraction of sp³-hybridized carbons (Fsp3) is 0.409. The standard InChI is InChI=1S/C22H27N7O2/c1-27(2)21-14-19(24-16-6-7-17-18(13-16)31-15-30-17)25-22(26-21)29-11-9-28(10-12-29)20-5-3-4-8-23-20/h3-8,13-14,17-18H,9-12,15H2,1-2H3,(H,24,25,26). The number of ether oxygens (including phenoxy) is 2. The largest absolute Gasteiger partial charge is 0.363 e. The van der Waals surface area contributed by atoms with Crippen molar-refractivity contribution in [2.24, 2.45) is 0 Å². The van der Waals surface area contributed by atoms with Crippen molar-refractivity contribution >= 4 is 23.4 Å². The number of hydrogen-bond donors (Lipinski definition) is 1. The average molecular weight is 422 g/mol. The second-order valence-electron chi connectivity index (χ2n) is 7.95. The molecule has 2 aliphatic heterocycles. The number of aromatic nitrogens is 3. The minimum absolute atomic E-state index is 0.000698. The normalized spacial score (nSPS) is 22.8. The fourth-order valence-corrected chi connectivity index (χ4v) is 3.89. The van der Waals surface area contributed by atoms with Gasteiger partial charge < -0.3 is 29.5 Å². The maximum atomic E-state index is 5.60. The first-order valence-corrected chi connectivity index (χ1v) is 10.5. The molecule has 162 valence electrons. The highest BCUT2D eigenvalue weighted by molar-refractivity contribution is 5.58. The molecule has 2 aromatic heterocycles. The van der Waals surface area contributed by atoms with Crippen molar-refractivity contribution < 1.29 is 9.47 Å². The van der Waals surface area contributed by atoms with Gasteiger partial charge in [-0.25, -0.2) is 4.98 Å². The Morgan fingerprint density at radius 1 is 1.03 bits per heavy atom. The molecular formula is C22H27N7O2. The topological polar surface area (TPSA) is 78.9 Å². The predicted molar refractivity (Wildman–Crippen MR) is 120 cm³/mol. The van der Waals surface area contributed by atoms with E-state index in [0.29, 0.717) is 6.79 Å². The molecule has 2 unspecified atom stereocenters. The molecule has 3 aliphatic rings. The van der Waals surface area contributed by atoms with Crippen molar-refractivity contribution in [3.05, 3.63) is 54.4 Å². The molecule has 1 aliphatic carbocycles. The summed E-state index contributed by atoms with van der Waals surface area (Å²) in [7, 11) is 3.98. The van der Waals surface area contributed by atoms with Crippen molar-refractivity contribution in [2.75, 3.05) is 67.1 Å². The Hall–Kier alpha value is -3.17. The van der Waals surface area contributed by atoms with Gasteiger partial charge in [0.15, 0.2) is 0 Å². The molecule has 0 bridgehead atoms. The van der Waals surface area contributed by atoms with E-state index in [1.807, 2.05) is 61.6 Å². The average Bonchev–Trinajstić information content (AvgIpc) is 3.27. The quantitative estimate of drug-likeness (QED) is 0.778. The van der Waals surface area contributed by atoms with Gasteiger partial charge in [-0.05, 0) is 24.3 Å². The van der Waals surface area contributed by atoms with Crippen LogP contribution in [0.2, 0.25) is 0 Å². The third kappa shape index (κ3) is 4.33. The van der Waals surface area contributed by atoms with Gasteiger partial charge in [-0.1, -0.05) is 12.1 Å². The van der Waals surface area contributed by atoms with Crippen LogP contribution in [0.15, 0.2) is 54.4 Å². The molecule has 1 N–H and O–H groups in total. The van der Waals surface area contributed by atoms with Gasteiger partial charge in [-0.2, -0.15) is 9.97 Å². The number of nitrogens with zero attached hydrogens (tertiary/aromatic N) is 6. The van der Waals surface area contributed by atoms with E-state index in [-0.39, 0.29) is 12.2 Å². The Morgan fingerprint density at radius 2 is 1.84 bits per heavy atom. The molecule has 0 radical (unpaired) electrons. The number of allylic oxidation sites excluding steroid dienone is 1. The molecule has 2 saturated heterocycles. The number of anilines is 4. The molecule has 0 saturated carbocycles. The second kappa shape index (κ2) is 8.52. The van der Waals surface area contributed by atoms with Crippen molar-refractivity contribution in [3.8, 4) is 0 Å². The highest BCUT2D eigenvalue weighted by atomic mass is 16.7. The van der Waals surface area contributed by atoms with Crippen LogP contribution in [0.1, 0.15) is 0 Å². The molecule has 9 nitrogen and oxygen atoms in total. The lowest BCUT2D eigenvalue weighted by atomic mass is 10.1. The van der Waals surface area contributed by atoms with Crippen molar-refractivity contribution in [1.29, 1.82) is 0 Å². The number of rotatable bonds is 5. The highest BCUT2D eigenvalue weighted by Gasteiger charge is 2.28. The van der Waals surface area contributed by atoms with E-state index >= 15 is 0 Å². The fourth-order valence-electron chi connectivity index (χ4n) is 3.89. The Labute approximate surface area is 182 Å². The Bertz CT molecular complexity index is 971. The van der Waals surface area contributed by atoms with E-state index in [0.717, 1.165) is 55.3 Å². The molecular weight excluding hydrogens is 394 g/mol. The Morgan fingerprint density at radius 3 is 2.61 bits per heavy atom. The summed E-state index contributed by atoms with van der Waals surface area (Å²) in [6.45, 7) is 3.76. The Balaban J connectivity index is 1.32. The number of hydrogen-bond acceptors (Lipinski definition) is 9. The summed E-state index contributed by atoms with van der Waals surface area (Å²) in [6, 6.07) is 7.98.